The normalized spacial score (nSPS) is 24.0. The highest BCUT2D eigenvalue weighted by Crippen LogP contribution is 1.98. The molecule has 0 unspecified atom stereocenters. The molecule has 1 fully saturated rings. The van der Waals surface area contributed by atoms with Crippen molar-refractivity contribution in [3.05, 3.63) is 0 Å². The third-order valence-electron chi connectivity index (χ3n) is 4.83. The summed E-state index contributed by atoms with van der Waals surface area (Å²) in [6, 6.07) is 0. The monoisotopic (exact) mass is 370 g/mol. The highest BCUT2D eigenvalue weighted by atomic mass is 15.0. The largest absolute Gasteiger partial charge is 0.315 e. The van der Waals surface area contributed by atoms with E-state index in [-0.39, 0.29) is 0 Å². The molecule has 0 saturated carbocycles. The molecule has 0 spiro atoms. The Hall–Kier alpha value is -0.240. The van der Waals surface area contributed by atoms with E-state index in [0.717, 1.165) is 78.5 Å². The summed E-state index contributed by atoms with van der Waals surface area (Å²) in [5, 5.41) is 21.1. The fourth-order valence-corrected chi connectivity index (χ4v) is 3.16. The summed E-state index contributed by atoms with van der Waals surface area (Å²) >= 11 is 0. The van der Waals surface area contributed by atoms with Crippen LogP contribution in [0.3, 0.4) is 0 Å². The Bertz CT molecular complexity index is 142. The van der Waals surface area contributed by atoms with Crippen LogP contribution in [0.25, 0.3) is 0 Å². The van der Waals surface area contributed by atoms with Crippen LogP contribution in [0.5, 0.6) is 0 Å². The highest BCUT2D eigenvalue weighted by molar-refractivity contribution is 4.58. The van der Waals surface area contributed by atoms with Crippen LogP contribution in [0.4, 0.5) is 0 Å². The highest BCUT2D eigenvalue weighted by Gasteiger charge is 1.94. The summed E-state index contributed by atoms with van der Waals surface area (Å²) in [6.45, 7) is 13.3. The lowest BCUT2D eigenvalue weighted by Gasteiger charge is -2.09. The molecule has 6 N–H and O–H groups in total. The minimum atomic E-state index is 1.08. The van der Waals surface area contributed by atoms with Crippen molar-refractivity contribution in [2.24, 2.45) is 0 Å². The summed E-state index contributed by atoms with van der Waals surface area (Å²) in [5.74, 6) is 0. The molecule has 156 valence electrons. The van der Waals surface area contributed by atoms with Gasteiger partial charge in [0.05, 0.1) is 0 Å². The van der Waals surface area contributed by atoms with E-state index < -0.39 is 0 Å². The molecule has 26 heavy (non-hydrogen) atoms. The zero-order valence-electron chi connectivity index (χ0n) is 17.1. The van der Waals surface area contributed by atoms with Gasteiger partial charge in [-0.15, -0.1) is 0 Å². The van der Waals surface area contributed by atoms with Crippen LogP contribution < -0.4 is 31.9 Å². The van der Waals surface area contributed by atoms with E-state index in [1.54, 1.807) is 0 Å². The van der Waals surface area contributed by atoms with Crippen molar-refractivity contribution in [3.8, 4) is 0 Å². The van der Waals surface area contributed by atoms with Crippen LogP contribution in [-0.4, -0.2) is 78.5 Å². The molecule has 0 aromatic carbocycles. The molecule has 6 heteroatoms. The molecule has 0 radical (unpaired) electrons. The predicted molar refractivity (Wildman–Crippen MR) is 114 cm³/mol. The first-order chi connectivity index (χ1) is 13.0. The molecule has 1 heterocycles. The summed E-state index contributed by atoms with van der Waals surface area (Å²) in [7, 11) is 0. The Morgan fingerprint density at radius 3 is 0.615 bits per heavy atom. The van der Waals surface area contributed by atoms with Gasteiger partial charge in [-0.3, -0.25) is 0 Å². The van der Waals surface area contributed by atoms with E-state index >= 15 is 0 Å². The van der Waals surface area contributed by atoms with Crippen molar-refractivity contribution in [1.82, 2.24) is 31.9 Å². The standard InChI is InChI=1S/C20H46N6/c1-2-6-10-22-14-18-26-20-16-24-12-8-4-3-7-11-23-15-19-25-17-13-21-9-5-1/h21-26H,1-20H2. The maximum atomic E-state index is 3.53. The van der Waals surface area contributed by atoms with Crippen molar-refractivity contribution in [1.29, 1.82) is 0 Å². The summed E-state index contributed by atoms with van der Waals surface area (Å²) in [5.41, 5.74) is 0. The topological polar surface area (TPSA) is 72.2 Å². The van der Waals surface area contributed by atoms with E-state index in [4.69, 9.17) is 0 Å². The van der Waals surface area contributed by atoms with Gasteiger partial charge >= 0.3 is 0 Å². The van der Waals surface area contributed by atoms with Crippen molar-refractivity contribution in [3.63, 3.8) is 0 Å². The van der Waals surface area contributed by atoms with Crippen molar-refractivity contribution < 1.29 is 0 Å². The molecular formula is C20H46N6. The molecular weight excluding hydrogens is 324 g/mol. The molecule has 6 nitrogen and oxygen atoms in total. The zero-order valence-corrected chi connectivity index (χ0v) is 17.1. The second-order valence-corrected chi connectivity index (χ2v) is 7.33. The van der Waals surface area contributed by atoms with Gasteiger partial charge in [-0.1, -0.05) is 25.7 Å². The van der Waals surface area contributed by atoms with Crippen LogP contribution in [0.15, 0.2) is 0 Å². The molecule has 1 aliphatic heterocycles. The van der Waals surface area contributed by atoms with Crippen molar-refractivity contribution in [2.75, 3.05) is 78.5 Å². The van der Waals surface area contributed by atoms with E-state index in [2.05, 4.69) is 31.9 Å². The Morgan fingerprint density at radius 1 is 0.192 bits per heavy atom. The summed E-state index contributed by atoms with van der Waals surface area (Å²) in [6.07, 6.45) is 10.6. The smallest absolute Gasteiger partial charge is 0.00772 e. The van der Waals surface area contributed by atoms with E-state index in [1.807, 2.05) is 0 Å². The molecule has 1 rings (SSSR count). The Labute approximate surface area is 162 Å². The van der Waals surface area contributed by atoms with E-state index in [1.165, 1.54) is 51.4 Å². The molecule has 0 aromatic heterocycles. The number of hydrogen-bond acceptors (Lipinski definition) is 6. The van der Waals surface area contributed by atoms with Crippen LogP contribution in [0.1, 0.15) is 51.4 Å². The van der Waals surface area contributed by atoms with E-state index in [0.29, 0.717) is 0 Å². The first-order valence-corrected chi connectivity index (χ1v) is 11.2. The van der Waals surface area contributed by atoms with Gasteiger partial charge in [0.2, 0.25) is 0 Å². The van der Waals surface area contributed by atoms with Crippen LogP contribution in [-0.2, 0) is 0 Å². The molecule has 0 aromatic rings. The van der Waals surface area contributed by atoms with Crippen molar-refractivity contribution >= 4 is 0 Å². The Morgan fingerprint density at radius 2 is 0.385 bits per heavy atom. The lowest BCUT2D eigenvalue weighted by Crippen LogP contribution is -2.33. The number of rotatable bonds is 0. The molecule has 0 atom stereocenters. The van der Waals surface area contributed by atoms with Gasteiger partial charge in [0.25, 0.3) is 0 Å². The Balaban J connectivity index is 2.00. The van der Waals surface area contributed by atoms with Gasteiger partial charge in [-0.05, 0) is 51.9 Å². The minimum absolute atomic E-state index is 1.08. The third-order valence-corrected chi connectivity index (χ3v) is 4.83. The lowest BCUT2D eigenvalue weighted by molar-refractivity contribution is 0.525. The average molecular weight is 371 g/mol. The second kappa shape index (κ2) is 21.1. The van der Waals surface area contributed by atoms with Crippen LogP contribution in [0.2, 0.25) is 0 Å². The van der Waals surface area contributed by atoms with Crippen molar-refractivity contribution in [2.45, 2.75) is 51.4 Å². The minimum Gasteiger partial charge on any atom is -0.315 e. The fraction of sp³-hybridized carbons (Fsp3) is 1.00. The third kappa shape index (κ3) is 18.5. The van der Waals surface area contributed by atoms with Crippen LogP contribution >= 0.6 is 0 Å². The van der Waals surface area contributed by atoms with Gasteiger partial charge in [0, 0.05) is 52.4 Å². The first kappa shape index (κ1) is 23.8. The maximum absolute atomic E-state index is 3.53. The second-order valence-electron chi connectivity index (χ2n) is 7.33. The zero-order chi connectivity index (χ0) is 18.4. The SMILES string of the molecule is C1CCCNCCNCCNCCCCCCNCCNCCNCC1. The van der Waals surface area contributed by atoms with Gasteiger partial charge in [-0.2, -0.15) is 0 Å². The number of nitrogens with one attached hydrogen (secondary N) is 6. The Kier molecular flexibility index (Phi) is 19.3. The average Bonchev–Trinajstić information content (AvgIpc) is 2.65. The summed E-state index contributed by atoms with van der Waals surface area (Å²) in [4.78, 5) is 0. The lowest BCUT2D eigenvalue weighted by atomic mass is 10.2. The molecule has 0 amide bonds. The predicted octanol–water partition coefficient (Wildman–Crippen LogP) is 0.658. The fourth-order valence-electron chi connectivity index (χ4n) is 3.16. The van der Waals surface area contributed by atoms with Gasteiger partial charge in [0.15, 0.2) is 0 Å². The maximum Gasteiger partial charge on any atom is 0.00772 e. The van der Waals surface area contributed by atoms with Gasteiger partial charge in [0.1, 0.15) is 0 Å². The molecule has 0 bridgehead atoms. The molecule has 1 saturated heterocycles. The van der Waals surface area contributed by atoms with Crippen LogP contribution in [0, 0.1) is 0 Å². The van der Waals surface area contributed by atoms with E-state index in [9.17, 15) is 0 Å². The van der Waals surface area contributed by atoms with Gasteiger partial charge in [-0.25, -0.2) is 0 Å². The molecule has 1 aliphatic rings. The number of hydrogen-bond donors (Lipinski definition) is 6. The first-order valence-electron chi connectivity index (χ1n) is 11.2. The quantitative estimate of drug-likeness (QED) is 0.376. The van der Waals surface area contributed by atoms with Gasteiger partial charge < -0.3 is 31.9 Å². The summed E-state index contributed by atoms with van der Waals surface area (Å²) < 4.78 is 0. The molecule has 0 aliphatic carbocycles.